The number of hydrogen-bond donors (Lipinski definition) is 0. The number of hydrogen-bond acceptors (Lipinski definition) is 7. The Morgan fingerprint density at radius 2 is 1.61 bits per heavy atom. The quantitative estimate of drug-likeness (QED) is 0.620. The van der Waals surface area contributed by atoms with Gasteiger partial charge in [0, 0.05) is 6.42 Å². The first-order valence-electron chi connectivity index (χ1n) is 8.54. The van der Waals surface area contributed by atoms with E-state index in [1.165, 1.54) is 16.8 Å². The van der Waals surface area contributed by atoms with Crippen molar-refractivity contribution in [1.82, 2.24) is 25.3 Å². The van der Waals surface area contributed by atoms with Crippen LogP contribution in [0.25, 0.3) is 0 Å². The smallest absolute Gasteiger partial charge is 0.327 e. The highest BCUT2D eigenvalue weighted by Gasteiger charge is 2.40. The maximum absolute atomic E-state index is 12.9. The highest BCUT2D eigenvalue weighted by atomic mass is 16.7. The number of aromatic nitrogens is 4. The van der Waals surface area contributed by atoms with Crippen LogP contribution in [0.2, 0.25) is 0 Å². The van der Waals surface area contributed by atoms with Crippen LogP contribution in [0.3, 0.4) is 0 Å². The van der Waals surface area contributed by atoms with Gasteiger partial charge in [-0.15, -0.1) is 5.10 Å². The average Bonchev–Trinajstić information content (AvgIpc) is 3.24. The summed E-state index contributed by atoms with van der Waals surface area (Å²) in [5, 5.41) is 11.7. The minimum absolute atomic E-state index is 0.193. The number of amides is 2. The molecule has 28 heavy (non-hydrogen) atoms. The molecule has 1 aliphatic rings. The first kappa shape index (κ1) is 17.5. The Labute approximate surface area is 159 Å². The summed E-state index contributed by atoms with van der Waals surface area (Å²) in [7, 11) is 0. The molecule has 0 N–H and O–H groups in total. The first-order valence-corrected chi connectivity index (χ1v) is 8.54. The number of benzene rings is 2. The summed E-state index contributed by atoms with van der Waals surface area (Å²) in [4.78, 5) is 43.0. The van der Waals surface area contributed by atoms with Crippen LogP contribution in [-0.4, -0.2) is 43.1 Å². The molecule has 140 valence electrons. The van der Waals surface area contributed by atoms with E-state index in [2.05, 4.69) is 15.5 Å². The molecule has 9 heteroatoms. The van der Waals surface area contributed by atoms with Crippen LogP contribution >= 0.6 is 0 Å². The Balaban J connectivity index is 1.61. The highest BCUT2D eigenvalue weighted by Crippen LogP contribution is 2.25. The highest BCUT2D eigenvalue weighted by molar-refractivity contribution is 6.20. The lowest BCUT2D eigenvalue weighted by atomic mass is 10.1. The molecule has 0 saturated heterocycles. The van der Waals surface area contributed by atoms with Crippen LogP contribution in [0.1, 0.15) is 38.1 Å². The van der Waals surface area contributed by atoms with Crippen molar-refractivity contribution in [1.29, 1.82) is 0 Å². The van der Waals surface area contributed by atoms with Crippen molar-refractivity contribution in [2.24, 2.45) is 0 Å². The average molecular weight is 377 g/mol. The van der Waals surface area contributed by atoms with Gasteiger partial charge in [0.15, 0.2) is 6.04 Å². The molecule has 0 spiro atoms. The predicted octanol–water partition coefficient (Wildman–Crippen LogP) is 1.52. The minimum atomic E-state index is -0.943. The Hall–Kier alpha value is -3.88. The van der Waals surface area contributed by atoms with Crippen molar-refractivity contribution in [3.63, 3.8) is 0 Å². The number of imide groups is 1. The molecule has 2 heterocycles. The van der Waals surface area contributed by atoms with Gasteiger partial charge in [-0.2, -0.15) is 0 Å². The molecule has 0 fully saturated rings. The Kier molecular flexibility index (Phi) is 4.40. The molecule has 2 aromatic carbocycles. The summed E-state index contributed by atoms with van der Waals surface area (Å²) in [6.07, 6.45) is 0.231. The SMILES string of the molecule is Cc1nnnn1C(Cc1ccccc1)C(=O)ON1C(=O)c2ccccc2C1=O. The summed E-state index contributed by atoms with van der Waals surface area (Å²) in [5.41, 5.74) is 1.23. The fraction of sp³-hybridized carbons (Fsp3) is 0.158. The topological polar surface area (TPSA) is 107 Å². The molecule has 2 amide bonds. The van der Waals surface area contributed by atoms with Gasteiger partial charge in [0.25, 0.3) is 11.8 Å². The van der Waals surface area contributed by atoms with E-state index in [0.717, 1.165) is 5.56 Å². The van der Waals surface area contributed by atoms with Gasteiger partial charge < -0.3 is 4.84 Å². The number of rotatable bonds is 5. The van der Waals surface area contributed by atoms with Gasteiger partial charge in [0.05, 0.1) is 11.1 Å². The number of carbonyl (C=O) groups is 3. The summed E-state index contributed by atoms with van der Waals surface area (Å²) >= 11 is 0. The molecule has 1 atom stereocenters. The normalized spacial score (nSPS) is 14.1. The van der Waals surface area contributed by atoms with Crippen LogP contribution < -0.4 is 0 Å². The Morgan fingerprint density at radius 1 is 1.00 bits per heavy atom. The lowest BCUT2D eigenvalue weighted by Gasteiger charge is -2.19. The van der Waals surface area contributed by atoms with Gasteiger partial charge >= 0.3 is 5.97 Å². The third-order valence-corrected chi connectivity index (χ3v) is 4.43. The first-order chi connectivity index (χ1) is 13.6. The molecule has 1 aromatic heterocycles. The third kappa shape index (κ3) is 3.02. The van der Waals surface area contributed by atoms with Crippen molar-refractivity contribution >= 4 is 17.8 Å². The molecule has 0 bridgehead atoms. The maximum Gasteiger partial charge on any atom is 0.358 e. The van der Waals surface area contributed by atoms with Crippen LogP contribution in [0.15, 0.2) is 54.6 Å². The van der Waals surface area contributed by atoms with Gasteiger partial charge in [0.1, 0.15) is 5.82 Å². The fourth-order valence-corrected chi connectivity index (χ4v) is 3.03. The minimum Gasteiger partial charge on any atom is -0.327 e. The monoisotopic (exact) mass is 377 g/mol. The van der Waals surface area contributed by atoms with Gasteiger partial charge in [0.2, 0.25) is 0 Å². The summed E-state index contributed by atoms with van der Waals surface area (Å²) in [6.45, 7) is 1.65. The predicted molar refractivity (Wildman–Crippen MR) is 94.8 cm³/mol. The van der Waals surface area contributed by atoms with E-state index in [9.17, 15) is 14.4 Å². The van der Waals surface area contributed by atoms with E-state index in [0.29, 0.717) is 10.9 Å². The van der Waals surface area contributed by atoms with Crippen LogP contribution in [0, 0.1) is 6.92 Å². The Bertz CT molecular complexity index is 1030. The molecule has 9 nitrogen and oxygen atoms in total. The molecule has 0 aliphatic carbocycles. The van der Waals surface area contributed by atoms with E-state index in [-0.39, 0.29) is 17.5 Å². The lowest BCUT2D eigenvalue weighted by Crippen LogP contribution is -2.37. The van der Waals surface area contributed by atoms with Gasteiger partial charge in [-0.25, -0.2) is 9.48 Å². The van der Waals surface area contributed by atoms with Gasteiger partial charge in [-0.3, -0.25) is 9.59 Å². The molecule has 0 saturated carbocycles. The second kappa shape index (κ2) is 7.03. The van der Waals surface area contributed by atoms with Crippen LogP contribution in [0.5, 0.6) is 0 Å². The maximum atomic E-state index is 12.9. The van der Waals surface area contributed by atoms with Crippen LogP contribution in [0.4, 0.5) is 0 Å². The second-order valence-corrected chi connectivity index (χ2v) is 6.24. The second-order valence-electron chi connectivity index (χ2n) is 6.24. The third-order valence-electron chi connectivity index (χ3n) is 4.43. The number of aryl methyl sites for hydroxylation is 1. The number of carbonyl (C=O) groups excluding carboxylic acids is 3. The number of fused-ring (bicyclic) bond motifs is 1. The molecule has 1 unspecified atom stereocenters. The van der Waals surface area contributed by atoms with Crippen molar-refractivity contribution in [3.8, 4) is 0 Å². The van der Waals surface area contributed by atoms with Crippen molar-refractivity contribution < 1.29 is 19.2 Å². The van der Waals surface area contributed by atoms with E-state index in [4.69, 9.17) is 4.84 Å². The summed E-state index contributed by atoms with van der Waals surface area (Å²) in [5.74, 6) is -1.77. The van der Waals surface area contributed by atoms with E-state index in [1.807, 2.05) is 30.3 Å². The number of nitrogens with zero attached hydrogens (tertiary/aromatic N) is 5. The zero-order valence-electron chi connectivity index (χ0n) is 14.8. The largest absolute Gasteiger partial charge is 0.358 e. The van der Waals surface area contributed by atoms with Gasteiger partial charge in [-0.05, 0) is 35.0 Å². The Morgan fingerprint density at radius 3 is 2.18 bits per heavy atom. The number of tetrazole rings is 1. The summed E-state index contributed by atoms with van der Waals surface area (Å²) < 4.78 is 1.31. The zero-order valence-corrected chi connectivity index (χ0v) is 14.8. The van der Waals surface area contributed by atoms with Gasteiger partial charge in [-0.1, -0.05) is 47.5 Å². The van der Waals surface area contributed by atoms with E-state index >= 15 is 0 Å². The fourth-order valence-electron chi connectivity index (χ4n) is 3.03. The van der Waals surface area contributed by atoms with Crippen LogP contribution in [-0.2, 0) is 16.1 Å². The number of hydroxylamine groups is 2. The zero-order chi connectivity index (χ0) is 19.7. The van der Waals surface area contributed by atoms with E-state index < -0.39 is 23.8 Å². The van der Waals surface area contributed by atoms with E-state index in [1.54, 1.807) is 19.1 Å². The molecular weight excluding hydrogens is 362 g/mol. The van der Waals surface area contributed by atoms with Crippen molar-refractivity contribution in [3.05, 3.63) is 77.1 Å². The molecule has 4 rings (SSSR count). The molecule has 0 radical (unpaired) electrons. The summed E-state index contributed by atoms with van der Waals surface area (Å²) in [6, 6.07) is 14.6. The standard InChI is InChI=1S/C19H15N5O4/c1-12-20-21-22-23(12)16(11-13-7-3-2-4-8-13)19(27)28-24-17(25)14-9-5-6-10-15(14)18(24)26/h2-10,16H,11H2,1H3. The molecule has 3 aromatic rings. The van der Waals surface area contributed by atoms with Crippen molar-refractivity contribution in [2.45, 2.75) is 19.4 Å². The molecule has 1 aliphatic heterocycles. The lowest BCUT2D eigenvalue weighted by molar-refractivity contribution is -0.173. The van der Waals surface area contributed by atoms with Crippen molar-refractivity contribution in [2.75, 3.05) is 0 Å². The molecular formula is C19H15N5O4.